The molecule has 2 aliphatic heterocycles. The summed E-state index contributed by atoms with van der Waals surface area (Å²) in [5.74, 6) is -0.116. The molecule has 0 aromatic heterocycles. The van der Waals surface area contributed by atoms with Crippen LogP contribution >= 0.6 is 0 Å². The summed E-state index contributed by atoms with van der Waals surface area (Å²) in [4.78, 5) is 14.3. The van der Waals surface area contributed by atoms with E-state index < -0.39 is 15.6 Å². The van der Waals surface area contributed by atoms with E-state index in [1.54, 1.807) is 4.90 Å². The van der Waals surface area contributed by atoms with Crippen LogP contribution in [0.1, 0.15) is 25.7 Å². The van der Waals surface area contributed by atoms with Gasteiger partial charge in [-0.05, 0) is 25.7 Å². The standard InChI is InChI=1S/C12H23N3O4S/c1-20(17,18)14-8-10-4-2-3-6-15(10)11(16)12(13)5-7-19-9-12/h10,14H,2-9,13H2,1H3. The summed E-state index contributed by atoms with van der Waals surface area (Å²) in [6, 6.07) is -0.119. The highest BCUT2D eigenvalue weighted by molar-refractivity contribution is 7.88. The number of nitrogens with one attached hydrogen (secondary N) is 1. The molecule has 0 aromatic carbocycles. The van der Waals surface area contributed by atoms with E-state index in [4.69, 9.17) is 10.5 Å². The average Bonchev–Trinajstić information content (AvgIpc) is 2.83. The maximum Gasteiger partial charge on any atom is 0.245 e. The number of carbonyl (C=O) groups is 1. The zero-order chi connectivity index (χ0) is 14.8. The number of nitrogens with two attached hydrogens (primary N) is 1. The van der Waals surface area contributed by atoms with Crippen molar-refractivity contribution in [1.29, 1.82) is 0 Å². The first-order chi connectivity index (χ1) is 9.32. The molecule has 2 aliphatic rings. The predicted octanol–water partition coefficient (Wildman–Crippen LogP) is -0.965. The molecule has 3 N–H and O–H groups in total. The third-order valence-corrected chi connectivity index (χ3v) is 4.64. The topological polar surface area (TPSA) is 102 Å². The molecule has 1 amide bonds. The van der Waals surface area contributed by atoms with Gasteiger partial charge in [0.15, 0.2) is 0 Å². The molecule has 2 fully saturated rings. The summed E-state index contributed by atoms with van der Waals surface area (Å²) in [5.41, 5.74) is 5.18. The Hall–Kier alpha value is -0.700. The molecule has 20 heavy (non-hydrogen) atoms. The number of carbonyl (C=O) groups excluding carboxylic acids is 1. The Morgan fingerprint density at radius 3 is 2.85 bits per heavy atom. The fourth-order valence-electron chi connectivity index (χ4n) is 2.76. The molecular formula is C12H23N3O4S. The van der Waals surface area contributed by atoms with Gasteiger partial charge in [-0.25, -0.2) is 13.1 Å². The van der Waals surface area contributed by atoms with E-state index in [-0.39, 0.29) is 25.1 Å². The van der Waals surface area contributed by atoms with Gasteiger partial charge in [0.25, 0.3) is 0 Å². The van der Waals surface area contributed by atoms with Crippen LogP contribution in [0.2, 0.25) is 0 Å². The second-order valence-electron chi connectivity index (χ2n) is 5.73. The molecule has 0 saturated carbocycles. The Balaban J connectivity index is 2.04. The second kappa shape index (κ2) is 5.97. The summed E-state index contributed by atoms with van der Waals surface area (Å²) in [6.45, 7) is 1.63. The Morgan fingerprint density at radius 1 is 1.50 bits per heavy atom. The van der Waals surface area contributed by atoms with Crippen molar-refractivity contribution >= 4 is 15.9 Å². The van der Waals surface area contributed by atoms with Gasteiger partial charge in [-0.3, -0.25) is 4.79 Å². The van der Waals surface area contributed by atoms with Gasteiger partial charge in [0.2, 0.25) is 15.9 Å². The summed E-state index contributed by atoms with van der Waals surface area (Å²) < 4.78 is 30.1. The average molecular weight is 305 g/mol. The van der Waals surface area contributed by atoms with Gasteiger partial charge in [-0.15, -0.1) is 0 Å². The van der Waals surface area contributed by atoms with Gasteiger partial charge < -0.3 is 15.4 Å². The van der Waals surface area contributed by atoms with Crippen LogP contribution in [0, 0.1) is 0 Å². The van der Waals surface area contributed by atoms with Gasteiger partial charge in [-0.2, -0.15) is 0 Å². The molecular weight excluding hydrogens is 282 g/mol. The molecule has 0 spiro atoms. The Morgan fingerprint density at radius 2 is 2.25 bits per heavy atom. The minimum absolute atomic E-state index is 0.116. The van der Waals surface area contributed by atoms with Crippen LogP contribution in [-0.4, -0.2) is 63.4 Å². The highest BCUT2D eigenvalue weighted by atomic mass is 32.2. The SMILES string of the molecule is CS(=O)(=O)NCC1CCCCN1C(=O)C1(N)CCOC1. The number of sulfonamides is 1. The van der Waals surface area contributed by atoms with Crippen molar-refractivity contribution in [2.45, 2.75) is 37.3 Å². The molecule has 0 aromatic rings. The van der Waals surface area contributed by atoms with Crippen molar-refractivity contribution in [3.8, 4) is 0 Å². The minimum atomic E-state index is -3.25. The van der Waals surface area contributed by atoms with E-state index in [2.05, 4.69) is 4.72 Å². The second-order valence-corrected chi connectivity index (χ2v) is 7.56. The van der Waals surface area contributed by atoms with Crippen LogP contribution in [-0.2, 0) is 19.6 Å². The maximum absolute atomic E-state index is 12.6. The lowest BCUT2D eigenvalue weighted by Gasteiger charge is -2.39. The number of hydrogen-bond acceptors (Lipinski definition) is 5. The normalized spacial score (nSPS) is 31.5. The van der Waals surface area contributed by atoms with Crippen LogP contribution in [0.4, 0.5) is 0 Å². The predicted molar refractivity (Wildman–Crippen MR) is 74.6 cm³/mol. The van der Waals surface area contributed by atoms with E-state index in [0.717, 1.165) is 25.5 Å². The van der Waals surface area contributed by atoms with Gasteiger partial charge in [0.05, 0.1) is 12.9 Å². The molecule has 2 unspecified atom stereocenters. The fraction of sp³-hybridized carbons (Fsp3) is 0.917. The molecule has 7 nitrogen and oxygen atoms in total. The zero-order valence-electron chi connectivity index (χ0n) is 11.8. The fourth-order valence-corrected chi connectivity index (χ4v) is 3.26. The summed E-state index contributed by atoms with van der Waals surface area (Å²) in [7, 11) is -3.25. The third-order valence-electron chi connectivity index (χ3n) is 3.95. The van der Waals surface area contributed by atoms with Crippen LogP contribution in [0.15, 0.2) is 0 Å². The van der Waals surface area contributed by atoms with Gasteiger partial charge >= 0.3 is 0 Å². The van der Waals surface area contributed by atoms with Crippen molar-refractivity contribution in [2.75, 3.05) is 32.6 Å². The Kier molecular flexibility index (Phi) is 4.68. The highest BCUT2D eigenvalue weighted by Gasteiger charge is 2.43. The van der Waals surface area contributed by atoms with Gasteiger partial charge in [0, 0.05) is 25.7 Å². The Bertz CT molecular complexity index is 459. The van der Waals surface area contributed by atoms with Crippen molar-refractivity contribution in [2.24, 2.45) is 5.73 Å². The van der Waals surface area contributed by atoms with E-state index in [9.17, 15) is 13.2 Å². The molecule has 0 radical (unpaired) electrons. The van der Waals surface area contributed by atoms with E-state index in [1.807, 2.05) is 0 Å². The lowest BCUT2D eigenvalue weighted by Crippen LogP contribution is -2.60. The van der Waals surface area contributed by atoms with Crippen molar-refractivity contribution < 1.29 is 17.9 Å². The third kappa shape index (κ3) is 3.69. The highest BCUT2D eigenvalue weighted by Crippen LogP contribution is 2.24. The molecule has 116 valence electrons. The summed E-state index contributed by atoms with van der Waals surface area (Å²) in [6.07, 6.45) is 4.36. The number of likely N-dealkylation sites (tertiary alicyclic amines) is 1. The Labute approximate surface area is 119 Å². The first-order valence-electron chi connectivity index (χ1n) is 6.94. The first-order valence-corrected chi connectivity index (χ1v) is 8.83. The molecule has 8 heteroatoms. The van der Waals surface area contributed by atoms with Crippen LogP contribution in [0.3, 0.4) is 0 Å². The molecule has 2 heterocycles. The number of nitrogens with zero attached hydrogens (tertiary/aromatic N) is 1. The van der Waals surface area contributed by atoms with Crippen LogP contribution in [0.5, 0.6) is 0 Å². The number of hydrogen-bond donors (Lipinski definition) is 2. The largest absolute Gasteiger partial charge is 0.379 e. The van der Waals surface area contributed by atoms with Gasteiger partial charge in [0.1, 0.15) is 5.54 Å². The first kappa shape index (κ1) is 15.7. The summed E-state index contributed by atoms with van der Waals surface area (Å²) >= 11 is 0. The quantitative estimate of drug-likeness (QED) is 0.696. The number of ether oxygens (including phenoxy) is 1. The summed E-state index contributed by atoms with van der Waals surface area (Å²) in [5, 5.41) is 0. The van der Waals surface area contributed by atoms with Crippen LogP contribution in [0.25, 0.3) is 0 Å². The number of amides is 1. The minimum Gasteiger partial charge on any atom is -0.379 e. The van der Waals surface area contributed by atoms with Crippen LogP contribution < -0.4 is 10.5 Å². The number of rotatable bonds is 4. The van der Waals surface area contributed by atoms with Gasteiger partial charge in [-0.1, -0.05) is 0 Å². The molecule has 0 bridgehead atoms. The molecule has 2 rings (SSSR count). The molecule has 2 atom stereocenters. The van der Waals surface area contributed by atoms with E-state index in [1.165, 1.54) is 0 Å². The van der Waals surface area contributed by atoms with Crippen molar-refractivity contribution in [1.82, 2.24) is 9.62 Å². The van der Waals surface area contributed by atoms with Crippen molar-refractivity contribution in [3.63, 3.8) is 0 Å². The smallest absolute Gasteiger partial charge is 0.245 e. The molecule has 0 aliphatic carbocycles. The van der Waals surface area contributed by atoms with E-state index >= 15 is 0 Å². The van der Waals surface area contributed by atoms with E-state index in [0.29, 0.717) is 19.6 Å². The number of piperidine rings is 1. The lowest BCUT2D eigenvalue weighted by atomic mass is 9.94. The van der Waals surface area contributed by atoms with Crippen molar-refractivity contribution in [3.05, 3.63) is 0 Å². The maximum atomic E-state index is 12.6. The molecule has 2 saturated heterocycles. The lowest BCUT2D eigenvalue weighted by molar-refractivity contribution is -0.140. The zero-order valence-corrected chi connectivity index (χ0v) is 12.6. The monoisotopic (exact) mass is 305 g/mol.